The third-order valence-electron chi connectivity index (χ3n) is 4.18. The predicted molar refractivity (Wildman–Crippen MR) is 108 cm³/mol. The summed E-state index contributed by atoms with van der Waals surface area (Å²) in [7, 11) is -4.14. The lowest BCUT2D eigenvalue weighted by Gasteiger charge is -2.15. The van der Waals surface area contributed by atoms with Crippen LogP contribution in [-0.4, -0.2) is 25.4 Å². The molecule has 0 aliphatic rings. The van der Waals surface area contributed by atoms with E-state index in [1.54, 1.807) is 18.2 Å². The SMILES string of the molecule is O=C(Nc1ccc(S(=O)(=O)N[C@@H](C(=O)O)c2ccccc2)cc1)c1ccc(F)cc1. The smallest absolute Gasteiger partial charge is 0.326 e. The standard InChI is InChI=1S/C21H17FN2O5S/c22-16-8-6-15(7-9-16)20(25)23-17-10-12-18(13-11-17)30(28,29)24-19(21(26)27)14-4-2-1-3-5-14/h1-13,19,24H,(H,23,25)(H,26,27)/t19-/m1/s1. The summed E-state index contributed by atoms with van der Waals surface area (Å²) in [6.45, 7) is 0. The molecule has 30 heavy (non-hydrogen) atoms. The van der Waals surface area contributed by atoms with E-state index in [0.29, 0.717) is 5.69 Å². The Labute approximate surface area is 172 Å². The molecule has 0 aliphatic carbocycles. The number of halogens is 1. The Bertz CT molecular complexity index is 1150. The summed E-state index contributed by atoms with van der Waals surface area (Å²) in [5.74, 6) is -2.30. The molecule has 7 nitrogen and oxygen atoms in total. The average molecular weight is 428 g/mol. The van der Waals surface area contributed by atoms with Crippen molar-refractivity contribution in [3.8, 4) is 0 Å². The number of hydrogen-bond acceptors (Lipinski definition) is 4. The first-order chi connectivity index (χ1) is 14.3. The molecule has 0 aromatic heterocycles. The molecule has 1 amide bonds. The number of anilines is 1. The van der Waals surface area contributed by atoms with Gasteiger partial charge in [-0.2, -0.15) is 4.72 Å². The Kier molecular flexibility index (Phi) is 6.24. The maximum absolute atomic E-state index is 13.0. The second-order valence-corrected chi connectivity index (χ2v) is 8.00. The number of sulfonamides is 1. The third-order valence-corrected chi connectivity index (χ3v) is 5.62. The Morgan fingerprint density at radius 2 is 1.47 bits per heavy atom. The van der Waals surface area contributed by atoms with Crippen molar-refractivity contribution in [1.82, 2.24) is 4.72 Å². The highest BCUT2D eigenvalue weighted by molar-refractivity contribution is 7.89. The summed E-state index contributed by atoms with van der Waals surface area (Å²) >= 11 is 0. The van der Waals surface area contributed by atoms with E-state index < -0.39 is 33.8 Å². The van der Waals surface area contributed by atoms with E-state index in [1.165, 1.54) is 48.5 Å². The van der Waals surface area contributed by atoms with Crippen LogP contribution in [0.5, 0.6) is 0 Å². The number of carboxylic acids is 1. The van der Waals surface area contributed by atoms with Gasteiger partial charge in [-0.3, -0.25) is 9.59 Å². The van der Waals surface area contributed by atoms with Crippen LogP contribution >= 0.6 is 0 Å². The fourth-order valence-corrected chi connectivity index (χ4v) is 3.83. The van der Waals surface area contributed by atoms with E-state index in [-0.39, 0.29) is 16.0 Å². The first kappa shape index (κ1) is 21.2. The van der Waals surface area contributed by atoms with Gasteiger partial charge in [0.15, 0.2) is 0 Å². The lowest BCUT2D eigenvalue weighted by Crippen LogP contribution is -2.33. The third kappa shape index (κ3) is 5.07. The van der Waals surface area contributed by atoms with Gasteiger partial charge < -0.3 is 10.4 Å². The van der Waals surface area contributed by atoms with Crippen LogP contribution in [0.1, 0.15) is 22.0 Å². The summed E-state index contributed by atoms with van der Waals surface area (Å²) in [5, 5.41) is 12.0. The summed E-state index contributed by atoms with van der Waals surface area (Å²) in [6.07, 6.45) is 0. The zero-order chi connectivity index (χ0) is 21.7. The van der Waals surface area contributed by atoms with Gasteiger partial charge in [0.1, 0.15) is 11.9 Å². The van der Waals surface area contributed by atoms with Crippen LogP contribution in [0.15, 0.2) is 83.8 Å². The number of rotatable bonds is 7. The van der Waals surface area contributed by atoms with Crippen molar-refractivity contribution in [2.24, 2.45) is 0 Å². The van der Waals surface area contributed by atoms with E-state index in [4.69, 9.17) is 0 Å². The van der Waals surface area contributed by atoms with Gasteiger partial charge in [-0.1, -0.05) is 30.3 Å². The maximum atomic E-state index is 13.0. The largest absolute Gasteiger partial charge is 0.480 e. The lowest BCUT2D eigenvalue weighted by molar-refractivity contribution is -0.139. The summed E-state index contributed by atoms with van der Waals surface area (Å²) in [6, 6.07) is 16.7. The summed E-state index contributed by atoms with van der Waals surface area (Å²) in [4.78, 5) is 23.5. The van der Waals surface area contributed by atoms with E-state index >= 15 is 0 Å². The number of amides is 1. The highest BCUT2D eigenvalue weighted by Gasteiger charge is 2.26. The molecule has 3 aromatic rings. The number of benzene rings is 3. The quantitative estimate of drug-likeness (QED) is 0.535. The molecule has 0 heterocycles. The molecule has 0 unspecified atom stereocenters. The van der Waals surface area contributed by atoms with Crippen molar-refractivity contribution in [3.05, 3.63) is 95.8 Å². The highest BCUT2D eigenvalue weighted by atomic mass is 32.2. The van der Waals surface area contributed by atoms with Crippen molar-refractivity contribution in [3.63, 3.8) is 0 Å². The van der Waals surface area contributed by atoms with Crippen molar-refractivity contribution >= 4 is 27.6 Å². The van der Waals surface area contributed by atoms with Crippen LogP contribution in [0.25, 0.3) is 0 Å². The molecule has 0 radical (unpaired) electrons. The second-order valence-electron chi connectivity index (χ2n) is 6.29. The van der Waals surface area contributed by atoms with E-state index in [9.17, 15) is 27.5 Å². The molecule has 154 valence electrons. The number of hydrogen-bond donors (Lipinski definition) is 3. The minimum atomic E-state index is -4.14. The first-order valence-corrected chi connectivity index (χ1v) is 10.2. The Morgan fingerprint density at radius 3 is 2.03 bits per heavy atom. The van der Waals surface area contributed by atoms with Crippen LogP contribution in [0.4, 0.5) is 10.1 Å². The molecule has 0 saturated heterocycles. The van der Waals surface area contributed by atoms with Gasteiger partial charge in [-0.25, -0.2) is 12.8 Å². The predicted octanol–water partition coefficient (Wildman–Crippen LogP) is 3.18. The zero-order valence-corrected chi connectivity index (χ0v) is 16.3. The van der Waals surface area contributed by atoms with E-state index in [1.807, 2.05) is 0 Å². The molecular formula is C21H17FN2O5S. The summed E-state index contributed by atoms with van der Waals surface area (Å²) < 4.78 is 40.3. The van der Waals surface area contributed by atoms with Crippen LogP contribution in [-0.2, 0) is 14.8 Å². The van der Waals surface area contributed by atoms with Gasteiger partial charge >= 0.3 is 5.97 Å². The molecule has 0 spiro atoms. The Hall–Kier alpha value is -3.56. The Balaban J connectivity index is 1.75. The molecule has 3 rings (SSSR count). The molecule has 3 aromatic carbocycles. The maximum Gasteiger partial charge on any atom is 0.326 e. The molecule has 0 fully saturated rings. The number of carbonyl (C=O) groups excluding carboxylic acids is 1. The fourth-order valence-electron chi connectivity index (χ4n) is 2.65. The molecule has 1 atom stereocenters. The van der Waals surface area contributed by atoms with Crippen LogP contribution in [0.2, 0.25) is 0 Å². The number of nitrogens with one attached hydrogen (secondary N) is 2. The van der Waals surface area contributed by atoms with Crippen LogP contribution in [0.3, 0.4) is 0 Å². The molecule has 0 saturated carbocycles. The topological polar surface area (TPSA) is 113 Å². The number of aliphatic carboxylic acids is 1. The average Bonchev–Trinajstić information content (AvgIpc) is 2.73. The lowest BCUT2D eigenvalue weighted by atomic mass is 10.1. The van der Waals surface area contributed by atoms with Gasteiger partial charge in [0.25, 0.3) is 5.91 Å². The minimum absolute atomic E-state index is 0.163. The van der Waals surface area contributed by atoms with Crippen molar-refractivity contribution in [1.29, 1.82) is 0 Å². The van der Waals surface area contributed by atoms with Gasteiger partial charge in [0, 0.05) is 11.3 Å². The van der Waals surface area contributed by atoms with Crippen molar-refractivity contribution in [2.75, 3.05) is 5.32 Å². The zero-order valence-electron chi connectivity index (χ0n) is 15.4. The molecule has 0 bridgehead atoms. The van der Waals surface area contributed by atoms with Crippen LogP contribution < -0.4 is 10.0 Å². The molecule has 9 heteroatoms. The monoisotopic (exact) mass is 428 g/mol. The molecular weight excluding hydrogens is 411 g/mol. The summed E-state index contributed by atoms with van der Waals surface area (Å²) in [5.41, 5.74) is 0.847. The molecule has 0 aliphatic heterocycles. The van der Waals surface area contributed by atoms with E-state index in [0.717, 1.165) is 12.1 Å². The normalized spacial score (nSPS) is 12.2. The van der Waals surface area contributed by atoms with E-state index in [2.05, 4.69) is 10.0 Å². The fraction of sp³-hybridized carbons (Fsp3) is 0.0476. The van der Waals surface area contributed by atoms with Gasteiger partial charge in [-0.15, -0.1) is 0 Å². The van der Waals surface area contributed by atoms with Crippen molar-refractivity contribution in [2.45, 2.75) is 10.9 Å². The van der Waals surface area contributed by atoms with Gasteiger partial charge in [-0.05, 0) is 54.1 Å². The van der Waals surface area contributed by atoms with Gasteiger partial charge in [0.2, 0.25) is 10.0 Å². The first-order valence-electron chi connectivity index (χ1n) is 8.73. The van der Waals surface area contributed by atoms with Crippen LogP contribution in [0, 0.1) is 5.82 Å². The number of carbonyl (C=O) groups is 2. The van der Waals surface area contributed by atoms with Crippen molar-refractivity contribution < 1.29 is 27.5 Å². The highest BCUT2D eigenvalue weighted by Crippen LogP contribution is 2.20. The number of carboxylic acid groups (broad SMARTS) is 1. The Morgan fingerprint density at radius 1 is 0.867 bits per heavy atom. The minimum Gasteiger partial charge on any atom is -0.480 e. The second kappa shape index (κ2) is 8.85. The van der Waals surface area contributed by atoms with Gasteiger partial charge in [0.05, 0.1) is 4.90 Å². The molecule has 3 N–H and O–H groups in total.